The van der Waals surface area contributed by atoms with Gasteiger partial charge in [0.25, 0.3) is 0 Å². The fourth-order valence-electron chi connectivity index (χ4n) is 9.65. The van der Waals surface area contributed by atoms with Gasteiger partial charge in [0.15, 0.2) is 8.07 Å². The number of fused-ring (bicyclic) bond motifs is 4. The zero-order valence-electron chi connectivity index (χ0n) is 35.6. The minimum absolute atomic E-state index is 0.261. The molecule has 1 aliphatic rings. The number of hydrogen-bond donors (Lipinski definition) is 0. The Bertz CT molecular complexity index is 3230. The van der Waals surface area contributed by atoms with E-state index in [9.17, 15) is 0 Å². The van der Waals surface area contributed by atoms with Gasteiger partial charge in [-0.05, 0) is 112 Å². The molecule has 63 heavy (non-hydrogen) atoms. The largest absolute Gasteiger partial charge is 0.294 e. The van der Waals surface area contributed by atoms with Gasteiger partial charge in [-0.2, -0.15) is 5.06 Å². The number of para-hydroxylation sites is 3. The first-order chi connectivity index (χ1) is 30.9. The molecule has 2 aromatic heterocycles. The van der Waals surface area contributed by atoms with Crippen LogP contribution in [-0.4, -0.2) is 23.2 Å². The summed E-state index contributed by atoms with van der Waals surface area (Å²) in [5, 5.41) is 11.5. The molecule has 5 nitrogen and oxygen atoms in total. The topological polar surface area (TPSA) is 33.5 Å². The molecular formula is C57H46N4OSi. The molecule has 0 saturated carbocycles. The maximum Gasteiger partial charge on any atom is 0.179 e. The van der Waals surface area contributed by atoms with Crippen molar-refractivity contribution >= 4 is 67.7 Å². The van der Waals surface area contributed by atoms with Crippen molar-refractivity contribution in [1.29, 1.82) is 0 Å². The Balaban J connectivity index is 1.15. The molecule has 0 aliphatic carbocycles. The molecule has 11 rings (SSSR count). The van der Waals surface area contributed by atoms with Crippen LogP contribution < -0.4 is 30.9 Å². The van der Waals surface area contributed by atoms with Crippen molar-refractivity contribution in [2.75, 3.05) is 10.1 Å². The summed E-state index contributed by atoms with van der Waals surface area (Å²) in [6, 6.07) is 79.3. The second-order valence-corrected chi connectivity index (χ2v) is 21.1. The molecule has 8 aromatic carbocycles. The summed E-state index contributed by atoms with van der Waals surface area (Å²) in [6.07, 6.45) is 1.95. The zero-order chi connectivity index (χ0) is 42.5. The van der Waals surface area contributed by atoms with Gasteiger partial charge in [0, 0.05) is 17.0 Å². The van der Waals surface area contributed by atoms with Crippen LogP contribution in [0, 0.1) is 0 Å². The molecular weight excluding hydrogens is 785 g/mol. The summed E-state index contributed by atoms with van der Waals surface area (Å²) < 4.78 is 2.37. The maximum atomic E-state index is 6.77. The Labute approximate surface area is 369 Å². The van der Waals surface area contributed by atoms with Crippen LogP contribution in [0.1, 0.15) is 20.8 Å². The molecule has 0 saturated heterocycles. The molecule has 1 aliphatic heterocycles. The van der Waals surface area contributed by atoms with E-state index in [1.165, 1.54) is 48.2 Å². The Kier molecular flexibility index (Phi) is 9.41. The smallest absolute Gasteiger partial charge is 0.179 e. The van der Waals surface area contributed by atoms with Gasteiger partial charge >= 0.3 is 0 Å². The van der Waals surface area contributed by atoms with Crippen LogP contribution >= 0.6 is 0 Å². The number of pyridine rings is 1. The highest BCUT2D eigenvalue weighted by molar-refractivity contribution is 7.20. The number of aromatic nitrogens is 2. The molecule has 0 spiro atoms. The Hall–Kier alpha value is -7.51. The standard InChI is InChI=1S/C57H46N4OSi/c1-57(2,3)61-54-33-18-17-32-53(54)60(62-61)43-22-19-27-46(39-43)63(44-23-9-5-10-24-44,45-25-11-6-12-26-45)47-34-35-51-50-30-15-16-31-52(50)59(55(51)40-47)56-38-42(36-37-58-56)49-29-14-13-28-48(49)41-20-7-4-8-21-41/h4-40H,1-3H3. The van der Waals surface area contributed by atoms with E-state index in [0.29, 0.717) is 0 Å². The lowest BCUT2D eigenvalue weighted by Crippen LogP contribution is -2.74. The van der Waals surface area contributed by atoms with Crippen molar-refractivity contribution in [3.63, 3.8) is 0 Å². The third kappa shape index (κ3) is 6.46. The molecule has 304 valence electrons. The number of rotatable bonds is 8. The average Bonchev–Trinajstić information content (AvgIpc) is 3.90. The zero-order valence-corrected chi connectivity index (χ0v) is 36.6. The second kappa shape index (κ2) is 15.4. The summed E-state index contributed by atoms with van der Waals surface area (Å²) >= 11 is 0. The SMILES string of the molecule is CC(C)(C)N1ON(c2cccc([Si](c3ccccc3)(c3ccccc3)c3ccc4c5ccccc5n(-c5cc(-c6ccccc6-c6ccccc6)ccn5)c4c3)c2)c2ccccc21. The molecule has 6 heteroatoms. The first-order valence-electron chi connectivity index (χ1n) is 21.6. The van der Waals surface area contributed by atoms with Crippen molar-refractivity contribution in [2.24, 2.45) is 0 Å². The molecule has 3 heterocycles. The highest BCUT2D eigenvalue weighted by Crippen LogP contribution is 2.44. The van der Waals surface area contributed by atoms with E-state index in [1.807, 2.05) is 16.3 Å². The fourth-order valence-corrected chi connectivity index (χ4v) is 14.4. The second-order valence-electron chi connectivity index (χ2n) is 17.3. The van der Waals surface area contributed by atoms with Gasteiger partial charge in [-0.15, -0.1) is 4.94 Å². The summed E-state index contributed by atoms with van der Waals surface area (Å²) in [5.74, 6) is 0.876. The van der Waals surface area contributed by atoms with Gasteiger partial charge in [0.1, 0.15) is 5.82 Å². The van der Waals surface area contributed by atoms with E-state index in [4.69, 9.17) is 9.92 Å². The van der Waals surface area contributed by atoms with Gasteiger partial charge in [-0.1, -0.05) is 170 Å². The van der Waals surface area contributed by atoms with E-state index in [0.717, 1.165) is 39.5 Å². The van der Waals surface area contributed by atoms with Crippen LogP contribution in [0.4, 0.5) is 17.1 Å². The van der Waals surface area contributed by atoms with E-state index >= 15 is 0 Å². The molecule has 0 N–H and O–H groups in total. The van der Waals surface area contributed by atoms with Gasteiger partial charge in [-0.25, -0.2) is 10.0 Å². The van der Waals surface area contributed by atoms with Crippen LogP contribution in [0.2, 0.25) is 0 Å². The molecule has 0 bridgehead atoms. The summed E-state index contributed by atoms with van der Waals surface area (Å²) in [7, 11) is -3.06. The monoisotopic (exact) mass is 830 g/mol. The first kappa shape index (κ1) is 38.4. The number of hydrogen-bond acceptors (Lipinski definition) is 4. The number of anilines is 3. The summed E-state index contributed by atoms with van der Waals surface area (Å²) in [5.41, 5.74) is 9.68. The van der Waals surface area contributed by atoms with Crippen LogP contribution in [0.25, 0.3) is 49.9 Å². The highest BCUT2D eigenvalue weighted by Gasteiger charge is 2.43. The quantitative estimate of drug-likeness (QED) is 0.113. The van der Waals surface area contributed by atoms with Gasteiger partial charge < -0.3 is 0 Å². The minimum atomic E-state index is -3.06. The van der Waals surface area contributed by atoms with Crippen molar-refractivity contribution in [2.45, 2.75) is 26.3 Å². The van der Waals surface area contributed by atoms with Crippen molar-refractivity contribution in [1.82, 2.24) is 9.55 Å². The lowest BCUT2D eigenvalue weighted by Gasteiger charge is -2.35. The van der Waals surface area contributed by atoms with Crippen molar-refractivity contribution in [3.8, 4) is 28.1 Å². The maximum absolute atomic E-state index is 6.77. The van der Waals surface area contributed by atoms with E-state index in [-0.39, 0.29) is 5.54 Å². The molecule has 0 radical (unpaired) electrons. The third-order valence-corrected chi connectivity index (χ3v) is 17.2. The average molecular weight is 831 g/mol. The molecule has 0 fully saturated rings. The van der Waals surface area contributed by atoms with Crippen molar-refractivity contribution in [3.05, 3.63) is 225 Å². The van der Waals surface area contributed by atoms with E-state index < -0.39 is 8.07 Å². The summed E-state index contributed by atoms with van der Waals surface area (Å²) in [6.45, 7) is 6.53. The van der Waals surface area contributed by atoms with Crippen LogP contribution in [-0.2, 0) is 4.94 Å². The van der Waals surface area contributed by atoms with E-state index in [1.54, 1.807) is 0 Å². The Morgan fingerprint density at radius 1 is 0.444 bits per heavy atom. The van der Waals surface area contributed by atoms with Crippen LogP contribution in [0.3, 0.4) is 0 Å². The molecule has 10 aromatic rings. The normalized spacial score (nSPS) is 12.9. The van der Waals surface area contributed by atoms with Gasteiger partial charge in [-0.3, -0.25) is 4.57 Å². The highest BCUT2D eigenvalue weighted by atomic mass is 28.3. The van der Waals surface area contributed by atoms with Gasteiger partial charge in [0.05, 0.1) is 33.6 Å². The predicted octanol–water partition coefficient (Wildman–Crippen LogP) is 11.5. The lowest BCUT2D eigenvalue weighted by molar-refractivity contribution is 0.0843. The Morgan fingerprint density at radius 3 is 1.73 bits per heavy atom. The first-order valence-corrected chi connectivity index (χ1v) is 23.6. The molecule has 0 unspecified atom stereocenters. The number of benzene rings is 8. The molecule has 0 atom stereocenters. The lowest BCUT2D eigenvalue weighted by atomic mass is 9.95. The number of nitrogens with zero attached hydrogens (tertiary/aromatic N) is 4. The molecule has 0 amide bonds. The van der Waals surface area contributed by atoms with Crippen LogP contribution in [0.15, 0.2) is 225 Å². The van der Waals surface area contributed by atoms with Crippen LogP contribution in [0.5, 0.6) is 0 Å². The number of hydroxylamine groups is 1. The van der Waals surface area contributed by atoms with Crippen molar-refractivity contribution < 1.29 is 4.94 Å². The minimum Gasteiger partial charge on any atom is -0.294 e. The van der Waals surface area contributed by atoms with E-state index in [2.05, 4.69) is 244 Å². The summed E-state index contributed by atoms with van der Waals surface area (Å²) in [4.78, 5) is 11.9. The fraction of sp³-hybridized carbons (Fsp3) is 0.0702. The third-order valence-electron chi connectivity index (χ3n) is 12.4. The predicted molar refractivity (Wildman–Crippen MR) is 265 cm³/mol. The Morgan fingerprint density at radius 2 is 1.02 bits per heavy atom. The van der Waals surface area contributed by atoms with Gasteiger partial charge in [0.2, 0.25) is 0 Å².